The highest BCUT2D eigenvalue weighted by molar-refractivity contribution is 7.86. The Bertz CT molecular complexity index is 139. The van der Waals surface area contributed by atoms with E-state index in [9.17, 15) is 19.8 Å². The van der Waals surface area contributed by atoms with Crippen molar-refractivity contribution in [1.29, 1.82) is 0 Å². The molecule has 0 fully saturated rings. The summed E-state index contributed by atoms with van der Waals surface area (Å²) in [6.45, 7) is 0. The minimum Gasteiger partial charge on any atom is -0.549 e. The predicted octanol–water partition coefficient (Wildman–Crippen LogP) is -2.92. The van der Waals surface area contributed by atoms with Crippen molar-refractivity contribution in [1.82, 2.24) is 0 Å². The molecule has 0 aliphatic heterocycles. The van der Waals surface area contributed by atoms with Crippen molar-refractivity contribution in [2.24, 2.45) is 0 Å². The topological polar surface area (TPSA) is 80.3 Å². The first-order chi connectivity index (χ1) is 4.46. The molecule has 6 heteroatoms. The Hall–Kier alpha value is -0.360. The molecule has 0 aromatic rings. The van der Waals surface area contributed by atoms with Gasteiger partial charge in [0.15, 0.2) is 0 Å². The van der Waals surface area contributed by atoms with Crippen LogP contribution in [0, 0.1) is 0 Å². The third kappa shape index (κ3) is 2.49. The van der Waals surface area contributed by atoms with Gasteiger partial charge in [0.1, 0.15) is 0 Å². The van der Waals surface area contributed by atoms with Crippen LogP contribution in [-0.2, 0) is 9.59 Å². The van der Waals surface area contributed by atoms with Gasteiger partial charge in [0, 0.05) is 0 Å². The fourth-order valence-electron chi connectivity index (χ4n) is 0.258. The van der Waals surface area contributed by atoms with Crippen LogP contribution in [0.1, 0.15) is 0 Å². The maximum Gasteiger partial charge on any atom is 0.0582 e. The quantitative estimate of drug-likeness (QED) is 0.456. The van der Waals surface area contributed by atoms with Crippen LogP contribution in [0.5, 0.6) is 0 Å². The average molecular weight is 180 g/mol. The molecule has 2 atom stereocenters. The number of rotatable bonds is 3. The summed E-state index contributed by atoms with van der Waals surface area (Å²) in [7, 11) is 0. The summed E-state index contributed by atoms with van der Waals surface area (Å²) in [5.41, 5.74) is 0. The van der Waals surface area contributed by atoms with E-state index in [-0.39, 0.29) is 0 Å². The van der Waals surface area contributed by atoms with E-state index in [0.717, 1.165) is 0 Å². The summed E-state index contributed by atoms with van der Waals surface area (Å²) >= 11 is 6.80. The number of carboxylic acids is 2. The first-order valence-electron chi connectivity index (χ1n) is 2.24. The molecule has 0 heterocycles. The van der Waals surface area contributed by atoms with Crippen molar-refractivity contribution < 1.29 is 19.8 Å². The van der Waals surface area contributed by atoms with Gasteiger partial charge in [-0.3, -0.25) is 0 Å². The third-order valence-corrected chi connectivity index (χ3v) is 2.04. The molecule has 0 aliphatic rings. The molecule has 0 saturated carbocycles. The van der Waals surface area contributed by atoms with Crippen LogP contribution in [0.3, 0.4) is 0 Å². The van der Waals surface area contributed by atoms with Crippen molar-refractivity contribution in [3.05, 3.63) is 0 Å². The molecule has 0 unspecified atom stereocenters. The Balaban J connectivity index is 4.07. The highest BCUT2D eigenvalue weighted by Crippen LogP contribution is 2.06. The van der Waals surface area contributed by atoms with Gasteiger partial charge >= 0.3 is 0 Å². The van der Waals surface area contributed by atoms with Crippen molar-refractivity contribution in [2.45, 2.75) is 10.5 Å². The van der Waals surface area contributed by atoms with E-state index in [0.29, 0.717) is 0 Å². The van der Waals surface area contributed by atoms with Crippen LogP contribution in [0.4, 0.5) is 0 Å². The van der Waals surface area contributed by atoms with E-state index in [4.69, 9.17) is 0 Å². The number of carbonyl (C=O) groups excluding carboxylic acids is 2. The molecule has 4 nitrogen and oxygen atoms in total. The summed E-state index contributed by atoms with van der Waals surface area (Å²) in [6, 6.07) is 0. The first kappa shape index (κ1) is 9.64. The molecule has 0 saturated heterocycles. The Morgan fingerprint density at radius 3 is 1.30 bits per heavy atom. The lowest BCUT2D eigenvalue weighted by Crippen LogP contribution is -2.46. The van der Waals surface area contributed by atoms with Crippen LogP contribution >= 0.6 is 25.3 Å². The van der Waals surface area contributed by atoms with E-state index in [2.05, 4.69) is 25.3 Å². The van der Waals surface area contributed by atoms with Crippen LogP contribution in [0.2, 0.25) is 0 Å². The zero-order valence-corrected chi connectivity index (χ0v) is 6.47. The predicted molar refractivity (Wildman–Crippen MR) is 35.6 cm³/mol. The third-order valence-electron chi connectivity index (χ3n) is 0.782. The number of carboxylic acid groups (broad SMARTS) is 2. The molecule has 0 rings (SSSR count). The largest absolute Gasteiger partial charge is 0.549 e. The van der Waals surface area contributed by atoms with E-state index >= 15 is 0 Å². The van der Waals surface area contributed by atoms with Gasteiger partial charge < -0.3 is 19.8 Å². The molecule has 0 aromatic carbocycles. The molecular formula is C4H4O4S2-2. The molecular weight excluding hydrogens is 176 g/mol. The smallest absolute Gasteiger partial charge is 0.0582 e. The monoisotopic (exact) mass is 180 g/mol. The summed E-state index contributed by atoms with van der Waals surface area (Å²) < 4.78 is 0. The minimum absolute atomic E-state index is 1.44. The standard InChI is InChI=1S/C4H6O4S2/c5-3(6)1(9)2(10)4(7)8/h1-2,9-10H,(H,5,6)(H,7,8)/p-2/t1-,2-/m1/s1. The van der Waals surface area contributed by atoms with Gasteiger partial charge in [0.05, 0.1) is 22.4 Å². The van der Waals surface area contributed by atoms with Crippen LogP contribution in [-0.4, -0.2) is 22.4 Å². The molecule has 0 N–H and O–H groups in total. The normalized spacial score (nSPS) is 15.8. The highest BCUT2D eigenvalue weighted by atomic mass is 32.1. The lowest BCUT2D eigenvalue weighted by Gasteiger charge is -2.19. The maximum absolute atomic E-state index is 9.92. The summed E-state index contributed by atoms with van der Waals surface area (Å²) in [5, 5.41) is 17.0. The second kappa shape index (κ2) is 3.72. The number of carbonyl (C=O) groups is 2. The number of hydrogen-bond donors (Lipinski definition) is 2. The SMILES string of the molecule is O=C([O-])[C@H](S)[C@@H](S)C(=O)[O-]. The second-order valence-corrected chi connectivity index (χ2v) is 2.64. The van der Waals surface area contributed by atoms with E-state index < -0.39 is 22.4 Å². The van der Waals surface area contributed by atoms with E-state index in [1.54, 1.807) is 0 Å². The molecule has 0 amide bonds. The summed E-state index contributed by atoms with van der Waals surface area (Å²) in [4.78, 5) is 19.8. The minimum atomic E-state index is -1.58. The molecule has 0 bridgehead atoms. The lowest BCUT2D eigenvalue weighted by molar-refractivity contribution is -0.313. The van der Waals surface area contributed by atoms with Crippen molar-refractivity contribution >= 4 is 37.2 Å². The Labute approximate surface area is 68.1 Å². The van der Waals surface area contributed by atoms with Gasteiger partial charge in [0.25, 0.3) is 0 Å². The molecule has 0 radical (unpaired) electrons. The fraction of sp³-hybridized carbons (Fsp3) is 0.500. The average Bonchev–Trinajstić information content (AvgIpc) is 1.84. The van der Waals surface area contributed by atoms with Crippen molar-refractivity contribution in [2.75, 3.05) is 0 Å². The Morgan fingerprint density at radius 1 is 1.00 bits per heavy atom. The molecule has 10 heavy (non-hydrogen) atoms. The lowest BCUT2D eigenvalue weighted by atomic mass is 10.3. The van der Waals surface area contributed by atoms with Crippen molar-refractivity contribution in [3.8, 4) is 0 Å². The van der Waals surface area contributed by atoms with Gasteiger partial charge in [-0.1, -0.05) is 0 Å². The van der Waals surface area contributed by atoms with Crippen molar-refractivity contribution in [3.63, 3.8) is 0 Å². The van der Waals surface area contributed by atoms with Crippen LogP contribution in [0.15, 0.2) is 0 Å². The maximum atomic E-state index is 9.92. The fourth-order valence-corrected chi connectivity index (χ4v) is 0.501. The molecule has 58 valence electrons. The van der Waals surface area contributed by atoms with Gasteiger partial charge in [-0.25, -0.2) is 0 Å². The highest BCUT2D eigenvalue weighted by Gasteiger charge is 2.15. The van der Waals surface area contributed by atoms with Crippen LogP contribution < -0.4 is 10.2 Å². The summed E-state index contributed by atoms with van der Waals surface area (Å²) in [5.74, 6) is -3.15. The Kier molecular flexibility index (Phi) is 3.59. The van der Waals surface area contributed by atoms with E-state index in [1.165, 1.54) is 0 Å². The van der Waals surface area contributed by atoms with Gasteiger partial charge in [0.2, 0.25) is 0 Å². The molecule has 0 spiro atoms. The molecule has 0 aromatic heterocycles. The van der Waals surface area contributed by atoms with Crippen LogP contribution in [0.25, 0.3) is 0 Å². The van der Waals surface area contributed by atoms with Gasteiger partial charge in [-0.05, 0) is 0 Å². The summed E-state index contributed by atoms with van der Waals surface area (Å²) in [6.07, 6.45) is 0. The zero-order valence-electron chi connectivity index (χ0n) is 4.68. The van der Waals surface area contributed by atoms with Gasteiger partial charge in [-0.15, -0.1) is 0 Å². The second-order valence-electron chi connectivity index (χ2n) is 1.53. The zero-order chi connectivity index (χ0) is 8.31. The van der Waals surface area contributed by atoms with E-state index in [1.807, 2.05) is 0 Å². The molecule has 0 aliphatic carbocycles. The number of thiol groups is 2. The van der Waals surface area contributed by atoms with Gasteiger partial charge in [-0.2, -0.15) is 25.3 Å². The number of hydrogen-bond acceptors (Lipinski definition) is 6. The Morgan fingerprint density at radius 2 is 1.20 bits per heavy atom. The first-order valence-corrected chi connectivity index (χ1v) is 3.28. The number of aliphatic carboxylic acids is 2.